The first kappa shape index (κ1) is 16.2. The SMILES string of the molecule is C=CC(=O)OCCC1CC2CC1C(F)(F)C2(O)C(F)(F)F. The Labute approximate surface area is 117 Å². The Hall–Kier alpha value is -1.18. The van der Waals surface area contributed by atoms with Gasteiger partial charge >= 0.3 is 12.1 Å². The van der Waals surface area contributed by atoms with Crippen molar-refractivity contribution in [1.82, 2.24) is 0 Å². The maximum absolute atomic E-state index is 14.0. The second-order valence-electron chi connectivity index (χ2n) is 5.58. The van der Waals surface area contributed by atoms with Crippen LogP contribution in [0.4, 0.5) is 22.0 Å². The standard InChI is InChI=1S/C13H15F5O3/c1-2-10(19)21-4-3-7-5-8-6-9(7)12(14,15)11(8,20)13(16,17)18/h2,7-9,20H,1,3-6H2. The summed E-state index contributed by atoms with van der Waals surface area (Å²) in [5.74, 6) is -8.70. The van der Waals surface area contributed by atoms with Gasteiger partial charge in [-0.25, -0.2) is 13.6 Å². The van der Waals surface area contributed by atoms with Crippen molar-refractivity contribution in [2.24, 2.45) is 17.8 Å². The van der Waals surface area contributed by atoms with Gasteiger partial charge < -0.3 is 9.84 Å². The van der Waals surface area contributed by atoms with Gasteiger partial charge in [-0.2, -0.15) is 13.2 Å². The third-order valence-electron chi connectivity index (χ3n) is 4.59. The van der Waals surface area contributed by atoms with E-state index in [4.69, 9.17) is 0 Å². The van der Waals surface area contributed by atoms with Crippen molar-refractivity contribution >= 4 is 5.97 Å². The minimum atomic E-state index is -5.36. The maximum atomic E-state index is 14.0. The Morgan fingerprint density at radius 3 is 2.48 bits per heavy atom. The molecule has 120 valence electrons. The normalized spacial score (nSPS) is 37.5. The van der Waals surface area contributed by atoms with Crippen LogP contribution in [-0.2, 0) is 9.53 Å². The second-order valence-corrected chi connectivity index (χ2v) is 5.58. The predicted molar refractivity (Wildman–Crippen MR) is 61.4 cm³/mol. The maximum Gasteiger partial charge on any atom is 0.423 e. The summed E-state index contributed by atoms with van der Waals surface area (Å²) in [5, 5.41) is 9.54. The monoisotopic (exact) mass is 314 g/mol. The molecular formula is C13H15F5O3. The van der Waals surface area contributed by atoms with Gasteiger partial charge in [-0.05, 0) is 25.2 Å². The Balaban J connectivity index is 2.06. The van der Waals surface area contributed by atoms with Gasteiger partial charge in [-0.1, -0.05) is 6.58 Å². The van der Waals surface area contributed by atoms with Crippen LogP contribution in [0.3, 0.4) is 0 Å². The molecule has 0 radical (unpaired) electrons. The van der Waals surface area contributed by atoms with E-state index in [1.165, 1.54) is 0 Å². The topological polar surface area (TPSA) is 46.5 Å². The van der Waals surface area contributed by atoms with Crippen LogP contribution < -0.4 is 0 Å². The van der Waals surface area contributed by atoms with Crippen LogP contribution in [0.1, 0.15) is 19.3 Å². The molecule has 0 aromatic rings. The molecule has 0 aromatic heterocycles. The molecular weight excluding hydrogens is 299 g/mol. The molecule has 2 saturated carbocycles. The number of aliphatic hydroxyl groups is 1. The van der Waals surface area contributed by atoms with Crippen LogP contribution >= 0.6 is 0 Å². The summed E-state index contributed by atoms with van der Waals surface area (Å²) in [6.07, 6.45) is -4.93. The van der Waals surface area contributed by atoms with Gasteiger partial charge in [0.15, 0.2) is 0 Å². The molecule has 0 amide bonds. The fraction of sp³-hybridized carbons (Fsp3) is 0.769. The molecule has 21 heavy (non-hydrogen) atoms. The summed E-state index contributed by atoms with van der Waals surface area (Å²) in [5.41, 5.74) is -3.95. The Bertz CT molecular complexity index is 448. The van der Waals surface area contributed by atoms with Crippen molar-refractivity contribution in [1.29, 1.82) is 0 Å². The van der Waals surface area contributed by atoms with Gasteiger partial charge in [0, 0.05) is 17.9 Å². The Kier molecular flexibility index (Phi) is 3.80. The Morgan fingerprint density at radius 1 is 1.38 bits per heavy atom. The van der Waals surface area contributed by atoms with E-state index in [2.05, 4.69) is 11.3 Å². The van der Waals surface area contributed by atoms with Crippen molar-refractivity contribution < 1.29 is 36.6 Å². The molecule has 8 heteroatoms. The van der Waals surface area contributed by atoms with Gasteiger partial charge in [0.05, 0.1) is 6.61 Å². The molecule has 1 N–H and O–H groups in total. The molecule has 2 fully saturated rings. The summed E-state index contributed by atoms with van der Waals surface area (Å²) in [4.78, 5) is 10.8. The number of rotatable bonds is 4. The largest absolute Gasteiger partial charge is 0.463 e. The van der Waals surface area contributed by atoms with Crippen LogP contribution in [0.5, 0.6) is 0 Å². The fourth-order valence-electron chi connectivity index (χ4n) is 3.57. The summed E-state index contributed by atoms with van der Waals surface area (Å²) in [6.45, 7) is 3.01. The molecule has 0 heterocycles. The van der Waals surface area contributed by atoms with Crippen molar-refractivity contribution in [2.75, 3.05) is 6.61 Å². The van der Waals surface area contributed by atoms with E-state index in [9.17, 15) is 31.9 Å². The second kappa shape index (κ2) is 4.93. The van der Waals surface area contributed by atoms with Gasteiger partial charge in [0.1, 0.15) is 0 Å². The summed E-state index contributed by atoms with van der Waals surface area (Å²) >= 11 is 0. The number of fused-ring (bicyclic) bond motifs is 2. The highest BCUT2D eigenvalue weighted by Gasteiger charge is 2.81. The van der Waals surface area contributed by atoms with Crippen LogP contribution in [-0.4, -0.2) is 35.4 Å². The van der Waals surface area contributed by atoms with E-state index in [1.54, 1.807) is 0 Å². The number of alkyl halides is 5. The molecule has 2 aliphatic carbocycles. The minimum Gasteiger partial charge on any atom is -0.463 e. The molecule has 3 nitrogen and oxygen atoms in total. The van der Waals surface area contributed by atoms with E-state index in [1.807, 2.05) is 0 Å². The van der Waals surface area contributed by atoms with E-state index >= 15 is 0 Å². The van der Waals surface area contributed by atoms with Crippen LogP contribution in [0.15, 0.2) is 12.7 Å². The van der Waals surface area contributed by atoms with Crippen LogP contribution in [0, 0.1) is 17.8 Å². The number of hydrogen-bond donors (Lipinski definition) is 1. The van der Waals surface area contributed by atoms with Gasteiger partial charge in [0.25, 0.3) is 5.92 Å². The lowest BCUT2D eigenvalue weighted by atomic mass is 9.74. The molecule has 2 aliphatic rings. The zero-order chi connectivity index (χ0) is 16.1. The number of carbonyl (C=O) groups excluding carboxylic acids is 1. The van der Waals surface area contributed by atoms with Crippen LogP contribution in [0.2, 0.25) is 0 Å². The first-order valence-electron chi connectivity index (χ1n) is 6.51. The van der Waals surface area contributed by atoms with Gasteiger partial charge in [-0.3, -0.25) is 0 Å². The van der Waals surface area contributed by atoms with Crippen molar-refractivity contribution in [2.45, 2.75) is 37.0 Å². The fourth-order valence-corrected chi connectivity index (χ4v) is 3.57. The average Bonchev–Trinajstić information content (AvgIpc) is 2.87. The highest BCUT2D eigenvalue weighted by Crippen LogP contribution is 2.66. The van der Waals surface area contributed by atoms with Crippen LogP contribution in [0.25, 0.3) is 0 Å². The van der Waals surface area contributed by atoms with Crippen molar-refractivity contribution in [3.63, 3.8) is 0 Å². The van der Waals surface area contributed by atoms with Gasteiger partial charge in [-0.15, -0.1) is 0 Å². The molecule has 2 bridgehead atoms. The molecule has 0 aliphatic heterocycles. The van der Waals surface area contributed by atoms with Crippen molar-refractivity contribution in [3.8, 4) is 0 Å². The van der Waals surface area contributed by atoms with Gasteiger partial charge in [0.2, 0.25) is 5.60 Å². The summed E-state index contributed by atoms with van der Waals surface area (Å²) in [7, 11) is 0. The molecule has 0 saturated heterocycles. The molecule has 4 unspecified atom stereocenters. The number of esters is 1. The predicted octanol–water partition coefficient (Wildman–Crippen LogP) is 2.69. The van der Waals surface area contributed by atoms with E-state index in [0.717, 1.165) is 6.08 Å². The highest BCUT2D eigenvalue weighted by atomic mass is 19.4. The lowest BCUT2D eigenvalue weighted by Crippen LogP contribution is -2.63. The zero-order valence-electron chi connectivity index (χ0n) is 11.0. The third-order valence-corrected chi connectivity index (χ3v) is 4.59. The molecule has 0 spiro atoms. The number of halogens is 5. The van der Waals surface area contributed by atoms with Crippen molar-refractivity contribution in [3.05, 3.63) is 12.7 Å². The molecule has 4 atom stereocenters. The third kappa shape index (κ3) is 2.23. The van der Waals surface area contributed by atoms with E-state index < -0.39 is 41.4 Å². The number of ether oxygens (including phenoxy) is 1. The lowest BCUT2D eigenvalue weighted by Gasteiger charge is -2.42. The highest BCUT2D eigenvalue weighted by molar-refractivity contribution is 5.81. The zero-order valence-corrected chi connectivity index (χ0v) is 11.0. The molecule has 0 aromatic carbocycles. The Morgan fingerprint density at radius 2 is 2.00 bits per heavy atom. The summed E-state index contributed by atoms with van der Waals surface area (Å²) in [6, 6.07) is 0. The number of carbonyl (C=O) groups is 1. The quantitative estimate of drug-likeness (QED) is 0.493. The van der Waals surface area contributed by atoms with E-state index in [0.29, 0.717) is 0 Å². The lowest BCUT2D eigenvalue weighted by molar-refractivity contribution is -0.351. The number of hydrogen-bond acceptors (Lipinski definition) is 3. The molecule has 2 rings (SSSR count). The minimum absolute atomic E-state index is 0.0459. The summed E-state index contributed by atoms with van der Waals surface area (Å²) < 4.78 is 71.1. The first-order valence-corrected chi connectivity index (χ1v) is 6.51. The first-order chi connectivity index (χ1) is 9.55. The van der Waals surface area contributed by atoms with E-state index in [-0.39, 0.29) is 25.9 Å². The average molecular weight is 314 g/mol. The smallest absolute Gasteiger partial charge is 0.423 e.